The zero-order chi connectivity index (χ0) is 18.4. The molecule has 0 amide bonds. The number of hydrogen-bond donors (Lipinski definition) is 2. The van der Waals surface area contributed by atoms with Gasteiger partial charge in [-0.05, 0) is 40.8 Å². The lowest BCUT2D eigenvalue weighted by Crippen LogP contribution is -2.37. The Hall–Kier alpha value is -2.06. The Balaban J connectivity index is 1.60. The third kappa shape index (κ3) is 4.98. The fraction of sp³-hybridized carbons (Fsp3) is 0.182. The number of nitrogens with two attached hydrogens (primary N) is 1. The monoisotopic (exact) mass is 366 g/mol. The second-order valence-corrected chi connectivity index (χ2v) is 7.06. The van der Waals surface area contributed by atoms with Crippen LogP contribution in [-0.4, -0.2) is 12.6 Å². The van der Waals surface area contributed by atoms with Gasteiger partial charge < -0.3 is 11.1 Å². The summed E-state index contributed by atoms with van der Waals surface area (Å²) in [6, 6.07) is 24.3. The summed E-state index contributed by atoms with van der Waals surface area (Å²) < 4.78 is 13.3. The quantitative estimate of drug-likeness (QED) is 0.627. The van der Waals surface area contributed by atoms with Crippen LogP contribution in [0.5, 0.6) is 0 Å². The fourth-order valence-electron chi connectivity index (χ4n) is 2.95. The van der Waals surface area contributed by atoms with E-state index in [-0.39, 0.29) is 11.9 Å². The van der Waals surface area contributed by atoms with Gasteiger partial charge in [0.25, 0.3) is 0 Å². The molecule has 0 heterocycles. The number of hydrogen-bond acceptors (Lipinski definition) is 2. The highest BCUT2D eigenvalue weighted by molar-refractivity contribution is 7.27. The molecule has 0 saturated heterocycles. The maximum atomic E-state index is 13.3. The first-order valence-electron chi connectivity index (χ1n) is 8.77. The zero-order valence-corrected chi connectivity index (χ0v) is 15.8. The van der Waals surface area contributed by atoms with Crippen molar-refractivity contribution in [2.75, 3.05) is 6.54 Å². The molecule has 0 aliphatic rings. The van der Waals surface area contributed by atoms with Gasteiger partial charge in [-0.25, -0.2) is 4.39 Å². The average molecular weight is 366 g/mol. The summed E-state index contributed by atoms with van der Waals surface area (Å²) in [6.07, 6.45) is 0.862. The Bertz CT molecular complexity index is 835. The summed E-state index contributed by atoms with van der Waals surface area (Å²) in [5.41, 5.74) is 10.7. The summed E-state index contributed by atoms with van der Waals surface area (Å²) in [6.45, 7) is 1.22. The molecule has 0 saturated carbocycles. The Morgan fingerprint density at radius 2 is 1.54 bits per heavy atom. The summed E-state index contributed by atoms with van der Waals surface area (Å²) in [7, 11) is 2.42. The van der Waals surface area contributed by atoms with E-state index in [0.717, 1.165) is 12.0 Å². The highest BCUT2D eigenvalue weighted by Gasteiger charge is 2.08. The van der Waals surface area contributed by atoms with Gasteiger partial charge in [-0.1, -0.05) is 60.7 Å². The van der Waals surface area contributed by atoms with Crippen molar-refractivity contribution in [1.82, 2.24) is 5.32 Å². The lowest BCUT2D eigenvalue weighted by atomic mass is 10.0. The van der Waals surface area contributed by atoms with Crippen molar-refractivity contribution in [1.29, 1.82) is 0 Å². The van der Waals surface area contributed by atoms with Crippen LogP contribution < -0.4 is 16.4 Å². The average Bonchev–Trinajstić information content (AvgIpc) is 2.69. The molecule has 0 aromatic heterocycles. The summed E-state index contributed by atoms with van der Waals surface area (Å²) in [5.74, 6) is -0.201. The Morgan fingerprint density at radius 3 is 2.19 bits per heavy atom. The number of nitrogens with one attached hydrogen (secondary N) is 1. The molecule has 0 spiro atoms. The van der Waals surface area contributed by atoms with Crippen LogP contribution in [0.1, 0.15) is 11.1 Å². The van der Waals surface area contributed by atoms with Gasteiger partial charge in [-0.15, -0.1) is 9.24 Å². The van der Waals surface area contributed by atoms with Crippen LogP contribution in [-0.2, 0) is 13.0 Å². The van der Waals surface area contributed by atoms with Crippen molar-refractivity contribution >= 4 is 14.5 Å². The molecular weight excluding hydrogens is 342 g/mol. The molecule has 134 valence electrons. The summed E-state index contributed by atoms with van der Waals surface area (Å²) in [4.78, 5) is 0. The second-order valence-electron chi connectivity index (χ2n) is 6.44. The van der Waals surface area contributed by atoms with Crippen molar-refractivity contribution in [3.05, 3.63) is 89.7 Å². The molecule has 2 nitrogen and oxygen atoms in total. The van der Waals surface area contributed by atoms with Gasteiger partial charge in [0.05, 0.1) is 0 Å². The number of halogens is 1. The van der Waals surface area contributed by atoms with Crippen LogP contribution in [0.15, 0.2) is 72.8 Å². The topological polar surface area (TPSA) is 38.0 Å². The first-order valence-corrected chi connectivity index (χ1v) is 9.35. The molecule has 2 atom stereocenters. The number of benzene rings is 3. The molecule has 26 heavy (non-hydrogen) atoms. The van der Waals surface area contributed by atoms with Crippen LogP contribution in [0.25, 0.3) is 11.1 Å². The Labute approximate surface area is 156 Å². The van der Waals surface area contributed by atoms with Crippen LogP contribution >= 0.6 is 9.24 Å². The standard InChI is InChI=1S/C22H24FN2P/c23-21-11-8-17(13-22(21)26)15-25-20(14-24)12-16-6-9-19(10-7-16)18-4-2-1-3-5-18/h1-11,13,20,25H,12,14-15,24,26H2. The summed E-state index contributed by atoms with van der Waals surface area (Å²) in [5, 5.41) is 4.06. The van der Waals surface area contributed by atoms with E-state index >= 15 is 0 Å². The highest BCUT2D eigenvalue weighted by Crippen LogP contribution is 2.19. The molecule has 0 radical (unpaired) electrons. The van der Waals surface area contributed by atoms with Crippen LogP contribution in [0.2, 0.25) is 0 Å². The van der Waals surface area contributed by atoms with Gasteiger partial charge in [0, 0.05) is 24.4 Å². The Kier molecular flexibility index (Phi) is 6.51. The van der Waals surface area contributed by atoms with Gasteiger partial charge in [-0.3, -0.25) is 0 Å². The molecule has 3 rings (SSSR count). The van der Waals surface area contributed by atoms with Crippen molar-refractivity contribution in [2.24, 2.45) is 5.73 Å². The minimum atomic E-state index is -0.201. The SMILES string of the molecule is NCC(Cc1ccc(-c2ccccc2)cc1)NCc1ccc(F)c(P)c1. The fourth-order valence-corrected chi connectivity index (χ4v) is 3.26. The lowest BCUT2D eigenvalue weighted by Gasteiger charge is -2.17. The van der Waals surface area contributed by atoms with E-state index in [1.54, 1.807) is 6.07 Å². The predicted octanol–water partition coefficient (Wildman–Crippen LogP) is 3.65. The minimum Gasteiger partial charge on any atom is -0.329 e. The molecule has 3 aromatic carbocycles. The van der Waals surface area contributed by atoms with Crippen LogP contribution in [0.3, 0.4) is 0 Å². The molecule has 0 aliphatic carbocycles. The molecule has 4 heteroatoms. The molecule has 0 bridgehead atoms. The smallest absolute Gasteiger partial charge is 0.130 e. The van der Waals surface area contributed by atoms with Crippen molar-refractivity contribution < 1.29 is 4.39 Å². The zero-order valence-electron chi connectivity index (χ0n) is 14.7. The van der Waals surface area contributed by atoms with Crippen molar-refractivity contribution in [3.8, 4) is 11.1 Å². The largest absolute Gasteiger partial charge is 0.329 e. The Morgan fingerprint density at radius 1 is 0.885 bits per heavy atom. The van der Waals surface area contributed by atoms with Gasteiger partial charge in [0.1, 0.15) is 5.82 Å². The van der Waals surface area contributed by atoms with Crippen LogP contribution in [0, 0.1) is 5.82 Å². The molecule has 0 aliphatic heterocycles. The molecular formula is C22H24FN2P. The van der Waals surface area contributed by atoms with Gasteiger partial charge in [0.2, 0.25) is 0 Å². The first-order chi connectivity index (χ1) is 12.7. The van der Waals surface area contributed by atoms with Crippen LogP contribution in [0.4, 0.5) is 4.39 Å². The van der Waals surface area contributed by atoms with E-state index in [2.05, 4.69) is 51.0 Å². The van der Waals surface area contributed by atoms with Crippen molar-refractivity contribution in [3.63, 3.8) is 0 Å². The maximum Gasteiger partial charge on any atom is 0.130 e. The third-order valence-corrected chi connectivity index (χ3v) is 4.93. The minimum absolute atomic E-state index is 0.176. The maximum absolute atomic E-state index is 13.3. The molecule has 3 aromatic rings. The van der Waals surface area contributed by atoms with E-state index < -0.39 is 0 Å². The van der Waals surface area contributed by atoms with Gasteiger partial charge in [0.15, 0.2) is 0 Å². The number of rotatable bonds is 7. The second kappa shape index (κ2) is 9.05. The van der Waals surface area contributed by atoms with E-state index in [4.69, 9.17) is 5.73 Å². The van der Waals surface area contributed by atoms with Gasteiger partial charge >= 0.3 is 0 Å². The van der Waals surface area contributed by atoms with E-state index in [1.807, 2.05) is 24.3 Å². The van der Waals surface area contributed by atoms with E-state index in [0.29, 0.717) is 18.4 Å². The first kappa shape index (κ1) is 18.7. The summed E-state index contributed by atoms with van der Waals surface area (Å²) >= 11 is 0. The lowest BCUT2D eigenvalue weighted by molar-refractivity contribution is 0.515. The third-order valence-electron chi connectivity index (χ3n) is 4.48. The van der Waals surface area contributed by atoms with E-state index in [9.17, 15) is 4.39 Å². The normalized spacial score (nSPS) is 12.1. The molecule has 3 N–H and O–H groups in total. The molecule has 0 fully saturated rings. The molecule has 2 unspecified atom stereocenters. The van der Waals surface area contributed by atoms with Gasteiger partial charge in [-0.2, -0.15) is 0 Å². The highest BCUT2D eigenvalue weighted by atomic mass is 31.0. The van der Waals surface area contributed by atoms with E-state index in [1.165, 1.54) is 22.8 Å². The van der Waals surface area contributed by atoms with Crippen molar-refractivity contribution in [2.45, 2.75) is 19.0 Å². The predicted molar refractivity (Wildman–Crippen MR) is 111 cm³/mol.